The van der Waals surface area contributed by atoms with E-state index in [1.807, 2.05) is 0 Å². The van der Waals surface area contributed by atoms with E-state index in [2.05, 4.69) is 5.32 Å². The monoisotopic (exact) mass is 297 g/mol. The molecule has 0 bridgehead atoms. The predicted molar refractivity (Wildman–Crippen MR) is 79.6 cm³/mol. The molecule has 0 spiro atoms. The van der Waals surface area contributed by atoms with E-state index >= 15 is 0 Å². The van der Waals surface area contributed by atoms with Crippen LogP contribution in [0.25, 0.3) is 0 Å². The second-order valence-electron chi connectivity index (χ2n) is 5.94. The normalized spacial score (nSPS) is 27.0. The van der Waals surface area contributed by atoms with Gasteiger partial charge in [0, 0.05) is 32.1 Å². The zero-order chi connectivity index (χ0) is 15.1. The Morgan fingerprint density at radius 3 is 2.62 bits per heavy atom. The Labute approximate surface area is 126 Å². The number of rotatable bonds is 4. The van der Waals surface area contributed by atoms with Gasteiger partial charge in [-0.05, 0) is 12.8 Å². The Kier molecular flexibility index (Phi) is 6.45. The van der Waals surface area contributed by atoms with E-state index in [1.165, 1.54) is 0 Å². The van der Waals surface area contributed by atoms with Crippen LogP contribution in [0.3, 0.4) is 0 Å². The van der Waals surface area contributed by atoms with Gasteiger partial charge in [0.15, 0.2) is 0 Å². The van der Waals surface area contributed by atoms with E-state index in [0.29, 0.717) is 39.3 Å². The maximum Gasteiger partial charge on any atom is 0.224 e. The summed E-state index contributed by atoms with van der Waals surface area (Å²) in [6.07, 6.45) is 5.48. The zero-order valence-corrected chi connectivity index (χ0v) is 12.7. The highest BCUT2D eigenvalue weighted by Crippen LogP contribution is 2.22. The van der Waals surface area contributed by atoms with E-state index in [9.17, 15) is 9.59 Å². The van der Waals surface area contributed by atoms with Crippen molar-refractivity contribution in [3.8, 4) is 0 Å². The number of hydrogen-bond acceptors (Lipinski definition) is 4. The summed E-state index contributed by atoms with van der Waals surface area (Å²) in [5.41, 5.74) is 6.08. The van der Waals surface area contributed by atoms with Crippen molar-refractivity contribution in [3.63, 3.8) is 0 Å². The van der Waals surface area contributed by atoms with Gasteiger partial charge in [0.1, 0.15) is 0 Å². The fourth-order valence-corrected chi connectivity index (χ4v) is 3.06. The van der Waals surface area contributed by atoms with E-state index in [1.54, 1.807) is 4.90 Å². The molecule has 1 aliphatic carbocycles. The summed E-state index contributed by atoms with van der Waals surface area (Å²) in [6, 6.07) is -0.0394. The molecule has 2 aliphatic rings. The molecule has 6 nitrogen and oxygen atoms in total. The second-order valence-corrected chi connectivity index (χ2v) is 5.94. The molecule has 120 valence electrons. The van der Waals surface area contributed by atoms with Crippen LogP contribution in [-0.2, 0) is 14.3 Å². The Morgan fingerprint density at radius 2 is 1.86 bits per heavy atom. The number of ether oxygens (including phenoxy) is 1. The third kappa shape index (κ3) is 4.97. The van der Waals surface area contributed by atoms with Crippen molar-refractivity contribution >= 4 is 11.8 Å². The minimum absolute atomic E-state index is 0.0131. The molecule has 1 saturated carbocycles. The minimum atomic E-state index is -0.0917. The molecule has 0 aromatic carbocycles. The number of nitrogens with two attached hydrogens (primary N) is 1. The van der Waals surface area contributed by atoms with Crippen LogP contribution in [0.1, 0.15) is 38.5 Å². The molecule has 2 unspecified atom stereocenters. The van der Waals surface area contributed by atoms with E-state index in [-0.39, 0.29) is 23.8 Å². The molecule has 1 saturated heterocycles. The molecule has 3 N–H and O–H groups in total. The number of morpholine rings is 1. The predicted octanol–water partition coefficient (Wildman–Crippen LogP) is 0.259. The molecule has 1 aliphatic heterocycles. The van der Waals surface area contributed by atoms with Crippen LogP contribution < -0.4 is 11.1 Å². The Balaban J connectivity index is 1.69. The molecule has 1 heterocycles. The van der Waals surface area contributed by atoms with Gasteiger partial charge in [-0.15, -0.1) is 0 Å². The first-order valence-electron chi connectivity index (χ1n) is 8.07. The van der Waals surface area contributed by atoms with Gasteiger partial charge in [-0.3, -0.25) is 9.59 Å². The number of nitrogens with zero attached hydrogens (tertiary/aromatic N) is 1. The first-order valence-corrected chi connectivity index (χ1v) is 8.07. The summed E-state index contributed by atoms with van der Waals surface area (Å²) >= 11 is 0. The average Bonchev–Trinajstić information content (AvgIpc) is 2.72. The van der Waals surface area contributed by atoms with Crippen LogP contribution >= 0.6 is 0 Å². The first kappa shape index (κ1) is 16.2. The van der Waals surface area contributed by atoms with Crippen LogP contribution in [0.4, 0.5) is 0 Å². The average molecular weight is 297 g/mol. The summed E-state index contributed by atoms with van der Waals surface area (Å²) in [6.45, 7) is 2.92. The molecule has 0 aromatic rings. The Bertz CT molecular complexity index is 356. The van der Waals surface area contributed by atoms with Crippen LogP contribution in [0.2, 0.25) is 0 Å². The smallest absolute Gasteiger partial charge is 0.224 e. The zero-order valence-electron chi connectivity index (χ0n) is 12.7. The summed E-state index contributed by atoms with van der Waals surface area (Å²) in [4.78, 5) is 26.0. The van der Waals surface area contributed by atoms with Crippen molar-refractivity contribution in [3.05, 3.63) is 0 Å². The fraction of sp³-hybridized carbons (Fsp3) is 0.867. The minimum Gasteiger partial charge on any atom is -0.378 e. The number of amides is 2. The number of nitrogens with one attached hydrogen (secondary N) is 1. The van der Waals surface area contributed by atoms with Crippen molar-refractivity contribution in [1.29, 1.82) is 0 Å². The molecular weight excluding hydrogens is 270 g/mol. The number of carbonyl (C=O) groups excluding carboxylic acids is 2. The van der Waals surface area contributed by atoms with Gasteiger partial charge in [0.25, 0.3) is 0 Å². The molecule has 0 aromatic heterocycles. The van der Waals surface area contributed by atoms with Crippen molar-refractivity contribution in [2.45, 2.75) is 44.6 Å². The molecular formula is C15H27N3O3. The van der Waals surface area contributed by atoms with Crippen LogP contribution in [0.5, 0.6) is 0 Å². The lowest BCUT2D eigenvalue weighted by Crippen LogP contribution is -2.44. The molecule has 6 heteroatoms. The Morgan fingerprint density at radius 1 is 1.14 bits per heavy atom. The summed E-state index contributed by atoms with van der Waals surface area (Å²) in [5.74, 6) is 0.00827. The van der Waals surface area contributed by atoms with Crippen LogP contribution in [0.15, 0.2) is 0 Å². The van der Waals surface area contributed by atoms with Crippen molar-refractivity contribution in [2.75, 3.05) is 32.8 Å². The van der Waals surface area contributed by atoms with Gasteiger partial charge in [-0.2, -0.15) is 0 Å². The van der Waals surface area contributed by atoms with E-state index < -0.39 is 0 Å². The third-order valence-corrected chi connectivity index (χ3v) is 4.41. The first-order chi connectivity index (χ1) is 10.2. The highest BCUT2D eigenvalue weighted by atomic mass is 16.5. The van der Waals surface area contributed by atoms with Crippen LogP contribution in [0, 0.1) is 5.92 Å². The number of hydrogen-bond donors (Lipinski definition) is 2. The highest BCUT2D eigenvalue weighted by Gasteiger charge is 2.27. The largest absolute Gasteiger partial charge is 0.378 e. The summed E-state index contributed by atoms with van der Waals surface area (Å²) in [7, 11) is 0. The molecule has 2 fully saturated rings. The van der Waals surface area contributed by atoms with Crippen LogP contribution in [-0.4, -0.2) is 55.6 Å². The lowest BCUT2D eigenvalue weighted by molar-refractivity contribution is -0.135. The highest BCUT2D eigenvalue weighted by molar-refractivity contribution is 5.81. The SMILES string of the molecule is NC1CCCCCC1C(=O)NCCC(=O)N1CCOCC1. The van der Waals surface area contributed by atoms with Crippen molar-refractivity contribution in [2.24, 2.45) is 11.7 Å². The van der Waals surface area contributed by atoms with Gasteiger partial charge in [-0.1, -0.05) is 19.3 Å². The van der Waals surface area contributed by atoms with Gasteiger partial charge in [0.05, 0.1) is 19.1 Å². The summed E-state index contributed by atoms with van der Waals surface area (Å²) in [5, 5.41) is 2.88. The fourth-order valence-electron chi connectivity index (χ4n) is 3.06. The summed E-state index contributed by atoms with van der Waals surface area (Å²) < 4.78 is 5.22. The molecule has 2 amide bonds. The molecule has 0 radical (unpaired) electrons. The molecule has 2 rings (SSSR count). The van der Waals surface area contributed by atoms with Gasteiger partial charge in [0.2, 0.25) is 11.8 Å². The molecule has 2 atom stereocenters. The maximum atomic E-state index is 12.2. The third-order valence-electron chi connectivity index (χ3n) is 4.41. The standard InChI is InChI=1S/C15H27N3O3/c16-13-5-3-1-2-4-12(13)15(20)17-7-6-14(19)18-8-10-21-11-9-18/h12-13H,1-11,16H2,(H,17,20). The van der Waals surface area contributed by atoms with Gasteiger partial charge >= 0.3 is 0 Å². The number of carbonyl (C=O) groups is 2. The quantitative estimate of drug-likeness (QED) is 0.729. The van der Waals surface area contributed by atoms with E-state index in [0.717, 1.165) is 32.1 Å². The van der Waals surface area contributed by atoms with Gasteiger partial charge < -0.3 is 20.7 Å². The van der Waals surface area contributed by atoms with E-state index in [4.69, 9.17) is 10.5 Å². The lowest BCUT2D eigenvalue weighted by atomic mass is 9.94. The second kappa shape index (κ2) is 8.34. The van der Waals surface area contributed by atoms with Gasteiger partial charge in [-0.25, -0.2) is 0 Å². The maximum absolute atomic E-state index is 12.2. The van der Waals surface area contributed by atoms with Crippen molar-refractivity contribution in [1.82, 2.24) is 10.2 Å². The topological polar surface area (TPSA) is 84.7 Å². The molecule has 21 heavy (non-hydrogen) atoms. The lowest BCUT2D eigenvalue weighted by Gasteiger charge is -2.27. The Hall–Kier alpha value is -1.14. The van der Waals surface area contributed by atoms with Crippen molar-refractivity contribution < 1.29 is 14.3 Å².